The highest BCUT2D eigenvalue weighted by Crippen LogP contribution is 2.25. The lowest BCUT2D eigenvalue weighted by Crippen LogP contribution is -2.30. The average Bonchev–Trinajstić information content (AvgIpc) is 2.76. The molecular weight excluding hydrogens is 320 g/mol. The van der Waals surface area contributed by atoms with E-state index in [1.165, 1.54) is 12.1 Å². The number of rotatable bonds is 6. The second-order valence-electron chi connectivity index (χ2n) is 5.45. The Labute approximate surface area is 135 Å². The van der Waals surface area contributed by atoms with Crippen LogP contribution in [0.2, 0.25) is 0 Å². The number of sulfonamides is 1. The zero-order chi connectivity index (χ0) is 17.0. The number of anilines is 1. The summed E-state index contributed by atoms with van der Waals surface area (Å²) in [5, 5.41) is 2.69. The molecule has 1 aliphatic heterocycles. The van der Waals surface area contributed by atoms with Crippen LogP contribution >= 0.6 is 0 Å². The van der Waals surface area contributed by atoms with Crippen LogP contribution in [-0.2, 0) is 19.6 Å². The van der Waals surface area contributed by atoms with Gasteiger partial charge in [0, 0.05) is 18.5 Å². The van der Waals surface area contributed by atoms with Crippen molar-refractivity contribution in [1.29, 1.82) is 0 Å². The maximum atomic E-state index is 12.1. The molecule has 1 aliphatic rings. The van der Waals surface area contributed by atoms with Gasteiger partial charge in [-0.2, -0.15) is 0 Å². The van der Waals surface area contributed by atoms with Gasteiger partial charge in [0.15, 0.2) is 0 Å². The summed E-state index contributed by atoms with van der Waals surface area (Å²) in [6, 6.07) is 6.02. The lowest BCUT2D eigenvalue weighted by atomic mass is 10.2. The topological polar surface area (TPSA) is 92.8 Å². The first kappa shape index (κ1) is 17.4. The van der Waals surface area contributed by atoms with E-state index in [4.69, 9.17) is 4.74 Å². The minimum absolute atomic E-state index is 0.0364. The fourth-order valence-electron chi connectivity index (χ4n) is 2.20. The van der Waals surface area contributed by atoms with Gasteiger partial charge in [-0.25, -0.2) is 12.7 Å². The van der Waals surface area contributed by atoms with Gasteiger partial charge in [0.2, 0.25) is 15.9 Å². The summed E-state index contributed by atoms with van der Waals surface area (Å²) in [6.07, 6.45) is 0.0484. The molecule has 1 aromatic rings. The average molecular weight is 340 g/mol. The fraction of sp³-hybridized carbons (Fsp3) is 0.467. The first-order valence-corrected chi connectivity index (χ1v) is 8.98. The van der Waals surface area contributed by atoms with E-state index in [0.717, 1.165) is 4.31 Å². The molecule has 0 radical (unpaired) electrons. The van der Waals surface area contributed by atoms with Gasteiger partial charge >= 0.3 is 0 Å². The minimum atomic E-state index is -3.63. The Hall–Kier alpha value is -1.93. The smallest absolute Gasteiger partial charge is 0.251 e. The molecule has 23 heavy (non-hydrogen) atoms. The molecule has 2 rings (SSSR count). The van der Waals surface area contributed by atoms with Crippen molar-refractivity contribution in [2.24, 2.45) is 0 Å². The Morgan fingerprint density at radius 3 is 2.74 bits per heavy atom. The quantitative estimate of drug-likeness (QED) is 0.777. The van der Waals surface area contributed by atoms with Crippen LogP contribution in [0.4, 0.5) is 5.69 Å². The maximum Gasteiger partial charge on any atom is 0.251 e. The standard InChI is InChI=1S/C15H20N2O5S/c1-11(2)22-8-7-16-15(19)12-4-3-5-13(10-12)17-14(18)6-9-23(17,20)21/h3-5,10-11H,6-9H2,1-2H3,(H,16,19). The number of carbonyl (C=O) groups excluding carboxylic acids is 2. The predicted octanol–water partition coefficient (Wildman–Crippen LogP) is 0.908. The third kappa shape index (κ3) is 4.29. The third-order valence-electron chi connectivity index (χ3n) is 3.26. The van der Waals surface area contributed by atoms with E-state index in [2.05, 4.69) is 5.32 Å². The Bertz CT molecular complexity index is 700. The number of carbonyl (C=O) groups is 2. The van der Waals surface area contributed by atoms with Crippen molar-refractivity contribution in [2.45, 2.75) is 26.4 Å². The molecule has 1 N–H and O–H groups in total. The van der Waals surface area contributed by atoms with Crippen LogP contribution < -0.4 is 9.62 Å². The summed E-state index contributed by atoms with van der Waals surface area (Å²) >= 11 is 0. The SMILES string of the molecule is CC(C)OCCNC(=O)c1cccc(N2C(=O)CCS2(=O)=O)c1. The number of hydrogen-bond donors (Lipinski definition) is 1. The van der Waals surface area contributed by atoms with Crippen LogP contribution in [0.15, 0.2) is 24.3 Å². The highest BCUT2D eigenvalue weighted by Gasteiger charge is 2.36. The van der Waals surface area contributed by atoms with Crippen molar-refractivity contribution < 1.29 is 22.7 Å². The molecule has 126 valence electrons. The molecule has 7 nitrogen and oxygen atoms in total. The number of benzene rings is 1. The van der Waals surface area contributed by atoms with Gasteiger partial charge in [-0.3, -0.25) is 9.59 Å². The van der Waals surface area contributed by atoms with Gasteiger partial charge in [0.1, 0.15) is 0 Å². The van der Waals surface area contributed by atoms with Crippen molar-refractivity contribution in [3.63, 3.8) is 0 Å². The molecule has 1 aromatic carbocycles. The zero-order valence-corrected chi connectivity index (χ0v) is 13.9. The Morgan fingerprint density at radius 1 is 1.39 bits per heavy atom. The molecule has 0 saturated carbocycles. The highest BCUT2D eigenvalue weighted by atomic mass is 32.2. The molecule has 2 amide bonds. The summed E-state index contributed by atoms with van der Waals surface area (Å²) in [5.41, 5.74) is 0.487. The van der Waals surface area contributed by atoms with Crippen LogP contribution in [0.5, 0.6) is 0 Å². The molecule has 0 bridgehead atoms. The van der Waals surface area contributed by atoms with Crippen LogP contribution in [0.25, 0.3) is 0 Å². The molecule has 8 heteroatoms. The van der Waals surface area contributed by atoms with E-state index in [-0.39, 0.29) is 29.9 Å². The summed E-state index contributed by atoms with van der Waals surface area (Å²) < 4.78 is 29.9. The van der Waals surface area contributed by atoms with Gasteiger partial charge in [-0.05, 0) is 32.0 Å². The normalized spacial score (nSPS) is 16.8. The fourth-order valence-corrected chi connectivity index (χ4v) is 3.66. The molecule has 0 spiro atoms. The van der Waals surface area contributed by atoms with Crippen molar-refractivity contribution >= 4 is 27.5 Å². The Kier molecular flexibility index (Phi) is 5.38. The number of ether oxygens (including phenoxy) is 1. The molecule has 0 aliphatic carbocycles. The lowest BCUT2D eigenvalue weighted by molar-refractivity contribution is -0.116. The largest absolute Gasteiger partial charge is 0.377 e. The Balaban J connectivity index is 2.08. The predicted molar refractivity (Wildman–Crippen MR) is 85.8 cm³/mol. The third-order valence-corrected chi connectivity index (χ3v) is 4.95. The summed E-state index contributed by atoms with van der Waals surface area (Å²) in [7, 11) is -3.63. The molecule has 1 fully saturated rings. The summed E-state index contributed by atoms with van der Waals surface area (Å²) in [6.45, 7) is 4.54. The second-order valence-corrected chi connectivity index (χ2v) is 7.39. The van der Waals surface area contributed by atoms with E-state index in [1.54, 1.807) is 12.1 Å². The van der Waals surface area contributed by atoms with Gasteiger partial charge in [-0.15, -0.1) is 0 Å². The first-order chi connectivity index (χ1) is 10.8. The van der Waals surface area contributed by atoms with Crippen LogP contribution in [0, 0.1) is 0 Å². The van der Waals surface area contributed by atoms with Crippen molar-refractivity contribution in [3.8, 4) is 0 Å². The van der Waals surface area contributed by atoms with Crippen molar-refractivity contribution in [2.75, 3.05) is 23.2 Å². The molecule has 1 heterocycles. The van der Waals surface area contributed by atoms with Gasteiger partial charge in [0.25, 0.3) is 5.91 Å². The number of amides is 2. The maximum absolute atomic E-state index is 12.1. The van der Waals surface area contributed by atoms with Crippen LogP contribution in [0.1, 0.15) is 30.6 Å². The van der Waals surface area contributed by atoms with Crippen LogP contribution in [0.3, 0.4) is 0 Å². The van der Waals surface area contributed by atoms with Gasteiger partial charge < -0.3 is 10.1 Å². The van der Waals surface area contributed by atoms with Crippen molar-refractivity contribution in [3.05, 3.63) is 29.8 Å². The van der Waals surface area contributed by atoms with E-state index in [1.807, 2.05) is 13.8 Å². The first-order valence-electron chi connectivity index (χ1n) is 7.37. The monoisotopic (exact) mass is 340 g/mol. The van der Waals surface area contributed by atoms with Crippen LogP contribution in [-0.4, -0.2) is 45.2 Å². The summed E-state index contributed by atoms with van der Waals surface area (Å²) in [4.78, 5) is 23.9. The number of nitrogens with one attached hydrogen (secondary N) is 1. The molecule has 0 atom stereocenters. The van der Waals surface area contributed by atoms with E-state index in [9.17, 15) is 18.0 Å². The molecule has 0 aromatic heterocycles. The lowest BCUT2D eigenvalue weighted by Gasteiger charge is -2.16. The van der Waals surface area contributed by atoms with E-state index >= 15 is 0 Å². The van der Waals surface area contributed by atoms with Gasteiger partial charge in [-0.1, -0.05) is 6.07 Å². The second kappa shape index (κ2) is 7.10. The zero-order valence-electron chi connectivity index (χ0n) is 13.1. The van der Waals surface area contributed by atoms with Crippen molar-refractivity contribution in [1.82, 2.24) is 5.32 Å². The Morgan fingerprint density at radius 2 is 2.13 bits per heavy atom. The molecule has 1 saturated heterocycles. The molecule has 0 unspecified atom stereocenters. The summed E-state index contributed by atoms with van der Waals surface area (Å²) in [5.74, 6) is -1.02. The number of nitrogens with zero attached hydrogens (tertiary/aromatic N) is 1. The molecular formula is C15H20N2O5S. The van der Waals surface area contributed by atoms with E-state index in [0.29, 0.717) is 18.7 Å². The number of hydrogen-bond acceptors (Lipinski definition) is 5. The van der Waals surface area contributed by atoms with E-state index < -0.39 is 15.9 Å². The minimum Gasteiger partial charge on any atom is -0.377 e. The van der Waals surface area contributed by atoms with Gasteiger partial charge in [0.05, 0.1) is 24.2 Å². The highest BCUT2D eigenvalue weighted by molar-refractivity contribution is 7.94.